The number of thiazole rings is 1. The van der Waals surface area contributed by atoms with Gasteiger partial charge >= 0.3 is 0 Å². The van der Waals surface area contributed by atoms with E-state index in [2.05, 4.69) is 15.0 Å². The largest absolute Gasteiger partial charge is 0.309 e. The van der Waals surface area contributed by atoms with Crippen LogP contribution in [0.5, 0.6) is 0 Å². The zero-order valence-corrected chi connectivity index (χ0v) is 14.1. The molecule has 2 aromatic heterocycles. The smallest absolute Gasteiger partial charge is 0.242 e. The Morgan fingerprint density at radius 1 is 1.33 bits per heavy atom. The van der Waals surface area contributed by atoms with Crippen LogP contribution in [0, 0.1) is 6.92 Å². The van der Waals surface area contributed by atoms with E-state index in [1.54, 1.807) is 6.07 Å². The summed E-state index contributed by atoms with van der Waals surface area (Å²) in [6, 6.07) is 2.23. The number of thiophene rings is 1. The molecule has 1 saturated carbocycles. The quantitative estimate of drug-likeness (QED) is 0.809. The SMILES string of the molecule is Cc1nc(CNS(=O)(=O)c2ccsc2CNC2CC2)cs1. The van der Waals surface area contributed by atoms with Crippen LogP contribution in [0.4, 0.5) is 0 Å². The molecule has 2 aromatic rings. The Morgan fingerprint density at radius 3 is 2.81 bits per heavy atom. The van der Waals surface area contributed by atoms with E-state index in [4.69, 9.17) is 0 Å². The van der Waals surface area contributed by atoms with Crippen LogP contribution in [0.1, 0.15) is 28.4 Å². The molecule has 8 heteroatoms. The molecule has 3 rings (SSSR count). The van der Waals surface area contributed by atoms with E-state index in [-0.39, 0.29) is 6.54 Å². The Morgan fingerprint density at radius 2 is 2.14 bits per heavy atom. The number of hydrogen-bond acceptors (Lipinski definition) is 6. The van der Waals surface area contributed by atoms with Crippen LogP contribution in [0.25, 0.3) is 0 Å². The van der Waals surface area contributed by atoms with Gasteiger partial charge in [-0.05, 0) is 31.2 Å². The number of aromatic nitrogens is 1. The van der Waals surface area contributed by atoms with Crippen LogP contribution in [0.2, 0.25) is 0 Å². The predicted octanol–water partition coefficient (Wildman–Crippen LogP) is 2.24. The molecule has 0 unspecified atom stereocenters. The molecule has 0 radical (unpaired) electrons. The third-order valence-electron chi connectivity index (χ3n) is 3.23. The normalized spacial score (nSPS) is 15.5. The topological polar surface area (TPSA) is 71.1 Å². The lowest BCUT2D eigenvalue weighted by atomic mass is 10.4. The van der Waals surface area contributed by atoms with Crippen molar-refractivity contribution >= 4 is 32.7 Å². The van der Waals surface area contributed by atoms with Crippen LogP contribution in [0.3, 0.4) is 0 Å². The third-order valence-corrected chi connectivity index (χ3v) is 6.59. The van der Waals surface area contributed by atoms with E-state index in [0.29, 0.717) is 17.5 Å². The van der Waals surface area contributed by atoms with E-state index in [1.165, 1.54) is 35.5 Å². The number of nitrogens with one attached hydrogen (secondary N) is 2. The second-order valence-electron chi connectivity index (χ2n) is 5.05. The summed E-state index contributed by atoms with van der Waals surface area (Å²) in [5.74, 6) is 0. The molecule has 2 heterocycles. The lowest BCUT2D eigenvalue weighted by Gasteiger charge is -2.07. The maximum Gasteiger partial charge on any atom is 0.242 e. The van der Waals surface area contributed by atoms with Gasteiger partial charge in [0.2, 0.25) is 10.0 Å². The van der Waals surface area contributed by atoms with Crippen LogP contribution < -0.4 is 10.0 Å². The first-order valence-electron chi connectivity index (χ1n) is 6.75. The van der Waals surface area contributed by atoms with Gasteiger partial charge < -0.3 is 5.32 Å². The summed E-state index contributed by atoms with van der Waals surface area (Å²) >= 11 is 3.00. The fraction of sp³-hybridized carbons (Fsp3) is 0.462. The highest BCUT2D eigenvalue weighted by Crippen LogP contribution is 2.25. The molecule has 1 aliphatic carbocycles. The Bertz CT molecular complexity index is 717. The standard InChI is InChI=1S/C13H17N3O2S3/c1-9-16-11(8-20-9)6-15-21(17,18)13-4-5-19-12(13)7-14-10-2-3-10/h4-5,8,10,14-15H,2-3,6-7H2,1H3. The second-order valence-corrected chi connectivity index (χ2v) is 8.84. The zero-order chi connectivity index (χ0) is 14.9. The summed E-state index contributed by atoms with van der Waals surface area (Å²) in [4.78, 5) is 5.51. The molecule has 2 N–H and O–H groups in total. The number of nitrogens with zero attached hydrogens (tertiary/aromatic N) is 1. The van der Waals surface area contributed by atoms with Gasteiger partial charge in [0, 0.05) is 22.8 Å². The van der Waals surface area contributed by atoms with Crippen molar-refractivity contribution in [2.45, 2.75) is 43.8 Å². The van der Waals surface area contributed by atoms with Gasteiger partial charge in [-0.1, -0.05) is 0 Å². The van der Waals surface area contributed by atoms with E-state index < -0.39 is 10.0 Å². The summed E-state index contributed by atoms with van der Waals surface area (Å²) in [5, 5.41) is 8.00. The van der Waals surface area contributed by atoms with E-state index in [0.717, 1.165) is 15.6 Å². The van der Waals surface area contributed by atoms with Crippen LogP contribution >= 0.6 is 22.7 Å². The van der Waals surface area contributed by atoms with Crippen molar-refractivity contribution in [2.24, 2.45) is 0 Å². The molecule has 0 saturated heterocycles. The van der Waals surface area contributed by atoms with Gasteiger partial charge in [0.1, 0.15) is 0 Å². The van der Waals surface area contributed by atoms with Crippen LogP contribution in [0.15, 0.2) is 21.7 Å². The summed E-state index contributed by atoms with van der Waals surface area (Å²) < 4.78 is 27.4. The summed E-state index contributed by atoms with van der Waals surface area (Å²) in [6.07, 6.45) is 2.38. The minimum atomic E-state index is -3.48. The molecule has 21 heavy (non-hydrogen) atoms. The van der Waals surface area contributed by atoms with Crippen molar-refractivity contribution in [3.05, 3.63) is 32.4 Å². The molecule has 0 atom stereocenters. The van der Waals surface area contributed by atoms with Crippen molar-refractivity contribution in [1.82, 2.24) is 15.0 Å². The first kappa shape index (κ1) is 15.1. The average Bonchev–Trinajstić information content (AvgIpc) is 2.97. The van der Waals surface area contributed by atoms with Gasteiger partial charge in [-0.2, -0.15) is 0 Å². The maximum absolute atomic E-state index is 12.4. The van der Waals surface area contributed by atoms with Gasteiger partial charge in [-0.25, -0.2) is 18.1 Å². The molecule has 1 fully saturated rings. The lowest BCUT2D eigenvalue weighted by Crippen LogP contribution is -2.25. The van der Waals surface area contributed by atoms with E-state index >= 15 is 0 Å². The van der Waals surface area contributed by atoms with E-state index in [9.17, 15) is 8.42 Å². The highest BCUT2D eigenvalue weighted by Gasteiger charge is 2.23. The van der Waals surface area contributed by atoms with Crippen molar-refractivity contribution in [1.29, 1.82) is 0 Å². The second kappa shape index (κ2) is 6.13. The first-order chi connectivity index (χ1) is 10.0. The summed E-state index contributed by atoms with van der Waals surface area (Å²) in [6.45, 7) is 2.76. The Hall–Kier alpha value is -0.800. The molecule has 0 aliphatic heterocycles. The first-order valence-corrected chi connectivity index (χ1v) is 9.99. The van der Waals surface area contributed by atoms with Gasteiger partial charge in [0.25, 0.3) is 0 Å². The number of rotatable bonds is 7. The van der Waals surface area contributed by atoms with Gasteiger partial charge in [0.15, 0.2) is 0 Å². The van der Waals surface area contributed by atoms with Crippen molar-refractivity contribution < 1.29 is 8.42 Å². The molecule has 5 nitrogen and oxygen atoms in total. The number of aryl methyl sites for hydroxylation is 1. The molecular weight excluding hydrogens is 326 g/mol. The van der Waals surface area contributed by atoms with Crippen molar-refractivity contribution in [2.75, 3.05) is 0 Å². The molecule has 0 bridgehead atoms. The molecule has 0 amide bonds. The lowest BCUT2D eigenvalue weighted by molar-refractivity contribution is 0.578. The summed E-state index contributed by atoms with van der Waals surface area (Å²) in [7, 11) is -3.48. The van der Waals surface area contributed by atoms with Crippen LogP contribution in [-0.2, 0) is 23.1 Å². The predicted molar refractivity (Wildman–Crippen MR) is 85.1 cm³/mol. The fourth-order valence-corrected chi connectivity index (χ4v) is 4.96. The highest BCUT2D eigenvalue weighted by atomic mass is 32.2. The Labute approximate surface area is 132 Å². The number of sulfonamides is 1. The van der Waals surface area contributed by atoms with Crippen molar-refractivity contribution in [3.8, 4) is 0 Å². The van der Waals surface area contributed by atoms with E-state index in [1.807, 2.05) is 17.7 Å². The minimum Gasteiger partial charge on any atom is -0.309 e. The van der Waals surface area contributed by atoms with Gasteiger partial charge in [-0.3, -0.25) is 0 Å². The Kier molecular flexibility index (Phi) is 4.41. The Balaban J connectivity index is 1.67. The third kappa shape index (κ3) is 3.89. The molecule has 0 aromatic carbocycles. The fourth-order valence-electron chi connectivity index (χ4n) is 1.96. The molecular formula is C13H17N3O2S3. The van der Waals surface area contributed by atoms with Gasteiger partial charge in [-0.15, -0.1) is 22.7 Å². The average molecular weight is 343 g/mol. The molecule has 114 valence electrons. The molecule has 0 spiro atoms. The van der Waals surface area contributed by atoms with Crippen molar-refractivity contribution in [3.63, 3.8) is 0 Å². The summed E-state index contributed by atoms with van der Waals surface area (Å²) in [5.41, 5.74) is 0.758. The molecule has 1 aliphatic rings. The zero-order valence-electron chi connectivity index (χ0n) is 11.6. The van der Waals surface area contributed by atoms with Gasteiger partial charge in [0.05, 0.1) is 22.1 Å². The van der Waals surface area contributed by atoms with Crippen LogP contribution in [-0.4, -0.2) is 19.4 Å². The maximum atomic E-state index is 12.4. The number of hydrogen-bond donors (Lipinski definition) is 2. The minimum absolute atomic E-state index is 0.234. The highest BCUT2D eigenvalue weighted by molar-refractivity contribution is 7.89. The monoisotopic (exact) mass is 343 g/mol.